The predicted molar refractivity (Wildman–Crippen MR) is 82.5 cm³/mol. The average molecular weight is 298 g/mol. The SMILES string of the molecule is COc1ccnc(N[C@@H]2CCN(Cc3ccccc3)C2=O)n1. The van der Waals surface area contributed by atoms with Crippen LogP contribution in [0.3, 0.4) is 0 Å². The number of benzene rings is 1. The highest BCUT2D eigenvalue weighted by atomic mass is 16.5. The molecule has 0 aliphatic carbocycles. The number of methoxy groups -OCH3 is 1. The van der Waals surface area contributed by atoms with Crippen molar-refractivity contribution in [3.8, 4) is 5.88 Å². The molecule has 1 aliphatic rings. The molecular weight excluding hydrogens is 280 g/mol. The number of carbonyl (C=O) groups excluding carboxylic acids is 1. The van der Waals surface area contributed by atoms with Crippen molar-refractivity contribution in [3.05, 3.63) is 48.2 Å². The largest absolute Gasteiger partial charge is 0.481 e. The van der Waals surface area contributed by atoms with Crippen molar-refractivity contribution in [1.82, 2.24) is 14.9 Å². The van der Waals surface area contributed by atoms with Gasteiger partial charge in [0.15, 0.2) is 0 Å². The van der Waals surface area contributed by atoms with Gasteiger partial charge in [-0.1, -0.05) is 30.3 Å². The van der Waals surface area contributed by atoms with E-state index >= 15 is 0 Å². The van der Waals surface area contributed by atoms with E-state index in [1.54, 1.807) is 19.4 Å². The van der Waals surface area contributed by atoms with Crippen molar-refractivity contribution in [3.63, 3.8) is 0 Å². The smallest absolute Gasteiger partial charge is 0.245 e. The number of rotatable bonds is 5. The molecule has 22 heavy (non-hydrogen) atoms. The maximum atomic E-state index is 12.4. The topological polar surface area (TPSA) is 67.3 Å². The van der Waals surface area contributed by atoms with Gasteiger partial charge in [-0.05, 0) is 12.0 Å². The Hall–Kier alpha value is -2.63. The lowest BCUT2D eigenvalue weighted by Gasteiger charge is -2.17. The number of ether oxygens (including phenoxy) is 1. The molecule has 1 aliphatic heterocycles. The Kier molecular flexibility index (Phi) is 4.18. The normalized spacial score (nSPS) is 17.6. The van der Waals surface area contributed by atoms with Gasteiger partial charge in [-0.3, -0.25) is 4.79 Å². The van der Waals surface area contributed by atoms with Gasteiger partial charge in [0.2, 0.25) is 17.7 Å². The third-order valence-corrected chi connectivity index (χ3v) is 3.66. The molecule has 1 aromatic carbocycles. The van der Waals surface area contributed by atoms with E-state index in [2.05, 4.69) is 15.3 Å². The van der Waals surface area contributed by atoms with E-state index in [0.29, 0.717) is 18.4 Å². The molecule has 114 valence electrons. The van der Waals surface area contributed by atoms with Crippen molar-refractivity contribution in [2.75, 3.05) is 19.0 Å². The Morgan fingerprint density at radius 1 is 1.32 bits per heavy atom. The van der Waals surface area contributed by atoms with Gasteiger partial charge in [0.25, 0.3) is 0 Å². The summed E-state index contributed by atoms with van der Waals surface area (Å²) in [4.78, 5) is 22.6. The summed E-state index contributed by atoms with van der Waals surface area (Å²) in [6.45, 7) is 1.37. The molecule has 0 spiro atoms. The van der Waals surface area contributed by atoms with Gasteiger partial charge < -0.3 is 15.0 Å². The van der Waals surface area contributed by atoms with Crippen molar-refractivity contribution in [1.29, 1.82) is 0 Å². The molecule has 2 aromatic rings. The molecule has 0 saturated carbocycles. The number of nitrogens with zero attached hydrogens (tertiary/aromatic N) is 3. The molecular formula is C16H18N4O2. The molecule has 2 heterocycles. The Balaban J connectivity index is 1.63. The molecule has 6 heteroatoms. The predicted octanol–water partition coefficient (Wildman–Crippen LogP) is 1.70. The van der Waals surface area contributed by atoms with Crippen molar-refractivity contribution >= 4 is 11.9 Å². The van der Waals surface area contributed by atoms with Crippen LogP contribution in [-0.4, -0.2) is 40.5 Å². The maximum absolute atomic E-state index is 12.4. The molecule has 0 unspecified atom stereocenters. The van der Waals surface area contributed by atoms with Crippen LogP contribution in [0.2, 0.25) is 0 Å². The van der Waals surface area contributed by atoms with Gasteiger partial charge >= 0.3 is 0 Å². The quantitative estimate of drug-likeness (QED) is 0.910. The Morgan fingerprint density at radius 3 is 2.91 bits per heavy atom. The summed E-state index contributed by atoms with van der Waals surface area (Å²) in [7, 11) is 1.55. The lowest BCUT2D eigenvalue weighted by molar-refractivity contribution is -0.128. The molecule has 1 atom stereocenters. The summed E-state index contributed by atoms with van der Waals surface area (Å²) in [5.41, 5.74) is 1.13. The lowest BCUT2D eigenvalue weighted by Crippen LogP contribution is -2.33. The molecule has 3 rings (SSSR count). The van der Waals surface area contributed by atoms with Crippen LogP contribution in [0.15, 0.2) is 42.6 Å². The number of hydrogen-bond donors (Lipinski definition) is 1. The number of hydrogen-bond acceptors (Lipinski definition) is 5. The summed E-state index contributed by atoms with van der Waals surface area (Å²) in [5.74, 6) is 0.971. The van der Waals surface area contributed by atoms with Crippen molar-refractivity contribution in [2.24, 2.45) is 0 Å². The fourth-order valence-corrected chi connectivity index (χ4v) is 2.51. The highest BCUT2D eigenvalue weighted by molar-refractivity contribution is 5.86. The highest BCUT2D eigenvalue weighted by Crippen LogP contribution is 2.18. The third-order valence-electron chi connectivity index (χ3n) is 3.66. The zero-order valence-electron chi connectivity index (χ0n) is 12.4. The molecule has 1 aromatic heterocycles. The van der Waals surface area contributed by atoms with Crippen molar-refractivity contribution < 1.29 is 9.53 Å². The van der Waals surface area contributed by atoms with Crippen LogP contribution in [0.25, 0.3) is 0 Å². The average Bonchev–Trinajstić information content (AvgIpc) is 2.89. The summed E-state index contributed by atoms with van der Waals surface area (Å²) < 4.78 is 5.06. The van der Waals surface area contributed by atoms with E-state index in [1.807, 2.05) is 35.2 Å². The fraction of sp³-hybridized carbons (Fsp3) is 0.312. The number of carbonyl (C=O) groups is 1. The van der Waals surface area contributed by atoms with Gasteiger partial charge in [0.05, 0.1) is 7.11 Å². The van der Waals surface area contributed by atoms with E-state index < -0.39 is 0 Å². The van der Waals surface area contributed by atoms with Crippen molar-refractivity contribution in [2.45, 2.75) is 19.0 Å². The van der Waals surface area contributed by atoms with Crippen LogP contribution in [0, 0.1) is 0 Å². The third kappa shape index (κ3) is 3.16. The summed E-state index contributed by atoms with van der Waals surface area (Å²) >= 11 is 0. The minimum absolute atomic E-state index is 0.0790. The van der Waals surface area contributed by atoms with Gasteiger partial charge in [-0.25, -0.2) is 4.98 Å². The first kappa shape index (κ1) is 14.3. The number of nitrogens with one attached hydrogen (secondary N) is 1. The minimum atomic E-state index is -0.282. The first-order valence-electron chi connectivity index (χ1n) is 7.22. The molecule has 0 radical (unpaired) electrons. The van der Waals surface area contributed by atoms with E-state index in [-0.39, 0.29) is 11.9 Å². The second kappa shape index (κ2) is 6.43. The second-order valence-corrected chi connectivity index (χ2v) is 5.15. The number of amides is 1. The van der Waals surface area contributed by atoms with E-state index in [9.17, 15) is 4.79 Å². The number of aromatic nitrogens is 2. The van der Waals surface area contributed by atoms with E-state index in [0.717, 1.165) is 18.5 Å². The van der Waals surface area contributed by atoms with Crippen LogP contribution in [0.1, 0.15) is 12.0 Å². The minimum Gasteiger partial charge on any atom is -0.481 e. The lowest BCUT2D eigenvalue weighted by atomic mass is 10.2. The molecule has 0 bridgehead atoms. The summed E-state index contributed by atoms with van der Waals surface area (Å²) in [6, 6.07) is 11.4. The van der Waals surface area contributed by atoms with Crippen LogP contribution in [0.5, 0.6) is 5.88 Å². The molecule has 6 nitrogen and oxygen atoms in total. The fourth-order valence-electron chi connectivity index (χ4n) is 2.51. The Morgan fingerprint density at radius 2 is 2.14 bits per heavy atom. The summed E-state index contributed by atoms with van der Waals surface area (Å²) in [5, 5.41) is 3.09. The highest BCUT2D eigenvalue weighted by Gasteiger charge is 2.31. The van der Waals surface area contributed by atoms with E-state index in [4.69, 9.17) is 4.74 Å². The van der Waals surface area contributed by atoms with Gasteiger partial charge in [0.1, 0.15) is 6.04 Å². The van der Waals surface area contributed by atoms with Gasteiger partial charge in [-0.15, -0.1) is 0 Å². The van der Waals surface area contributed by atoms with Crippen LogP contribution >= 0.6 is 0 Å². The summed E-state index contributed by atoms with van der Waals surface area (Å²) in [6.07, 6.45) is 2.35. The number of likely N-dealkylation sites (tertiary alicyclic amines) is 1. The first-order valence-corrected chi connectivity index (χ1v) is 7.22. The second-order valence-electron chi connectivity index (χ2n) is 5.15. The molecule has 1 amide bonds. The van der Waals surface area contributed by atoms with Crippen LogP contribution in [-0.2, 0) is 11.3 Å². The Bertz CT molecular complexity index is 648. The van der Waals surface area contributed by atoms with Crippen LogP contribution < -0.4 is 10.1 Å². The monoisotopic (exact) mass is 298 g/mol. The first-order chi connectivity index (χ1) is 10.8. The maximum Gasteiger partial charge on any atom is 0.245 e. The van der Waals surface area contributed by atoms with E-state index in [1.165, 1.54) is 0 Å². The van der Waals surface area contributed by atoms with Gasteiger partial charge in [0, 0.05) is 25.4 Å². The number of anilines is 1. The van der Waals surface area contributed by atoms with Crippen LogP contribution in [0.4, 0.5) is 5.95 Å². The zero-order valence-corrected chi connectivity index (χ0v) is 12.4. The standard InChI is InChI=1S/C16H18N4O2/c1-22-14-7-9-17-16(19-14)18-13-8-10-20(15(13)21)11-12-5-3-2-4-6-12/h2-7,9,13H,8,10-11H2,1H3,(H,17,18,19)/t13-/m1/s1. The molecule has 1 fully saturated rings. The molecule has 1 saturated heterocycles. The zero-order chi connectivity index (χ0) is 15.4. The molecule has 1 N–H and O–H groups in total. The Labute approximate surface area is 129 Å². The van der Waals surface area contributed by atoms with Gasteiger partial charge in [-0.2, -0.15) is 4.98 Å².